The molecule has 0 spiro atoms. The number of carbonyl (C=O) groups excluding carboxylic acids is 2. The normalized spacial score (nSPS) is 14.1. The summed E-state index contributed by atoms with van der Waals surface area (Å²) in [6.07, 6.45) is 3.23. The summed E-state index contributed by atoms with van der Waals surface area (Å²) in [5.41, 5.74) is 2.23. The van der Waals surface area contributed by atoms with Crippen molar-refractivity contribution >= 4 is 11.9 Å². The molecule has 0 saturated carbocycles. The summed E-state index contributed by atoms with van der Waals surface area (Å²) in [4.78, 5) is 29.6. The maximum atomic E-state index is 12.0. The van der Waals surface area contributed by atoms with Crippen molar-refractivity contribution in [2.24, 2.45) is 0 Å². The highest BCUT2D eigenvalue weighted by Crippen LogP contribution is 2.15. The lowest BCUT2D eigenvalue weighted by atomic mass is 10.1. The zero-order valence-electron chi connectivity index (χ0n) is 12.8. The molecule has 1 aliphatic heterocycles. The Hall–Kier alpha value is -2.69. The number of ether oxygens (including phenoxy) is 1. The molecule has 1 amide bonds. The quantitative estimate of drug-likeness (QED) is 0.796. The lowest BCUT2D eigenvalue weighted by Gasteiger charge is -2.15. The highest BCUT2D eigenvalue weighted by molar-refractivity contribution is 5.89. The minimum Gasteiger partial charge on any atom is -0.456 e. The number of pyridine rings is 1. The van der Waals surface area contributed by atoms with Gasteiger partial charge in [-0.2, -0.15) is 0 Å². The van der Waals surface area contributed by atoms with E-state index in [9.17, 15) is 9.59 Å². The van der Waals surface area contributed by atoms with Crippen LogP contribution < -0.4 is 0 Å². The van der Waals surface area contributed by atoms with Crippen LogP contribution in [-0.2, 0) is 22.7 Å². The van der Waals surface area contributed by atoms with Gasteiger partial charge in [-0.1, -0.05) is 18.2 Å². The molecule has 0 radical (unpaired) electrons. The lowest BCUT2D eigenvalue weighted by molar-refractivity contribution is -0.128. The summed E-state index contributed by atoms with van der Waals surface area (Å²) in [6.45, 7) is 1.57. The third-order valence-electron chi connectivity index (χ3n) is 3.81. The highest BCUT2D eigenvalue weighted by atomic mass is 16.5. The number of carbonyl (C=O) groups is 2. The first-order valence-electron chi connectivity index (χ1n) is 7.66. The van der Waals surface area contributed by atoms with E-state index in [-0.39, 0.29) is 18.5 Å². The van der Waals surface area contributed by atoms with E-state index >= 15 is 0 Å². The van der Waals surface area contributed by atoms with Crippen LogP contribution in [-0.4, -0.2) is 28.3 Å². The molecule has 3 rings (SSSR count). The second kappa shape index (κ2) is 7.05. The molecule has 1 aromatic heterocycles. The molecule has 23 heavy (non-hydrogen) atoms. The molecule has 0 N–H and O–H groups in total. The van der Waals surface area contributed by atoms with E-state index in [1.807, 2.05) is 35.2 Å². The molecule has 0 aliphatic carbocycles. The summed E-state index contributed by atoms with van der Waals surface area (Å²) in [7, 11) is 0. The van der Waals surface area contributed by atoms with E-state index in [0.29, 0.717) is 24.2 Å². The van der Waals surface area contributed by atoms with Crippen LogP contribution in [0.5, 0.6) is 0 Å². The van der Waals surface area contributed by atoms with Gasteiger partial charge in [0, 0.05) is 25.7 Å². The Kier molecular flexibility index (Phi) is 4.66. The van der Waals surface area contributed by atoms with Crippen molar-refractivity contribution in [1.29, 1.82) is 0 Å². The second-order valence-corrected chi connectivity index (χ2v) is 5.51. The number of amides is 1. The van der Waals surface area contributed by atoms with Crippen LogP contribution in [0.15, 0.2) is 48.7 Å². The van der Waals surface area contributed by atoms with Gasteiger partial charge in [-0.05, 0) is 36.2 Å². The first kappa shape index (κ1) is 15.2. The third kappa shape index (κ3) is 3.94. The molecule has 0 unspecified atom stereocenters. The van der Waals surface area contributed by atoms with Gasteiger partial charge in [-0.15, -0.1) is 0 Å². The summed E-state index contributed by atoms with van der Waals surface area (Å²) < 4.78 is 5.24. The van der Waals surface area contributed by atoms with Gasteiger partial charge in [0.15, 0.2) is 0 Å². The summed E-state index contributed by atoms with van der Waals surface area (Å²) >= 11 is 0. The number of benzene rings is 1. The number of hydrogen-bond acceptors (Lipinski definition) is 4. The van der Waals surface area contributed by atoms with Crippen LogP contribution in [0.3, 0.4) is 0 Å². The molecule has 1 aromatic carbocycles. The van der Waals surface area contributed by atoms with Crippen LogP contribution in [0, 0.1) is 0 Å². The Balaban J connectivity index is 1.56. The SMILES string of the molecule is O=C(OCc1ccccn1)c1ccc(CN2CCCC2=O)cc1. The molecule has 118 valence electrons. The second-order valence-electron chi connectivity index (χ2n) is 5.51. The van der Waals surface area contributed by atoms with Gasteiger partial charge in [0.1, 0.15) is 6.61 Å². The Labute approximate surface area is 134 Å². The van der Waals surface area contributed by atoms with E-state index in [2.05, 4.69) is 4.98 Å². The molecule has 5 heteroatoms. The van der Waals surface area contributed by atoms with Crippen molar-refractivity contribution in [1.82, 2.24) is 9.88 Å². The van der Waals surface area contributed by atoms with Crippen LogP contribution >= 0.6 is 0 Å². The number of aromatic nitrogens is 1. The van der Waals surface area contributed by atoms with Crippen molar-refractivity contribution in [2.75, 3.05) is 6.54 Å². The molecule has 2 heterocycles. The standard InChI is InChI=1S/C18H18N2O3/c21-17-5-3-11-20(17)12-14-6-8-15(9-7-14)18(22)23-13-16-4-1-2-10-19-16/h1-2,4,6-10H,3,5,11-13H2. The summed E-state index contributed by atoms with van der Waals surface area (Å²) in [6, 6.07) is 12.7. The largest absolute Gasteiger partial charge is 0.456 e. The first-order chi connectivity index (χ1) is 11.2. The Morgan fingerprint density at radius 3 is 2.65 bits per heavy atom. The van der Waals surface area contributed by atoms with Gasteiger partial charge in [0.05, 0.1) is 11.3 Å². The van der Waals surface area contributed by atoms with E-state index < -0.39 is 0 Å². The fourth-order valence-corrected chi connectivity index (χ4v) is 2.54. The van der Waals surface area contributed by atoms with Gasteiger partial charge in [-0.25, -0.2) is 4.79 Å². The predicted molar refractivity (Wildman–Crippen MR) is 84.4 cm³/mol. The van der Waals surface area contributed by atoms with Gasteiger partial charge >= 0.3 is 5.97 Å². The molecule has 0 bridgehead atoms. The molecular formula is C18H18N2O3. The summed E-state index contributed by atoms with van der Waals surface area (Å²) in [5.74, 6) is -0.178. The molecule has 1 fully saturated rings. The number of rotatable bonds is 5. The van der Waals surface area contributed by atoms with Gasteiger partial charge in [0.25, 0.3) is 0 Å². The molecule has 5 nitrogen and oxygen atoms in total. The van der Waals surface area contributed by atoms with Crippen molar-refractivity contribution in [3.05, 3.63) is 65.5 Å². The topological polar surface area (TPSA) is 59.5 Å². The number of esters is 1. The first-order valence-corrected chi connectivity index (χ1v) is 7.66. The predicted octanol–water partition coefficient (Wildman–Crippen LogP) is 2.56. The van der Waals surface area contributed by atoms with E-state index in [0.717, 1.165) is 18.5 Å². The number of nitrogens with zero attached hydrogens (tertiary/aromatic N) is 2. The Bertz CT molecular complexity index is 683. The number of hydrogen-bond donors (Lipinski definition) is 0. The van der Waals surface area contributed by atoms with Crippen molar-refractivity contribution in [3.8, 4) is 0 Å². The van der Waals surface area contributed by atoms with E-state index in [1.54, 1.807) is 18.3 Å². The molecular weight excluding hydrogens is 292 g/mol. The van der Waals surface area contributed by atoms with Crippen molar-refractivity contribution < 1.29 is 14.3 Å². The zero-order valence-corrected chi connectivity index (χ0v) is 12.8. The fourth-order valence-electron chi connectivity index (χ4n) is 2.54. The minimum absolute atomic E-state index is 0.156. The summed E-state index contributed by atoms with van der Waals surface area (Å²) in [5, 5.41) is 0. The van der Waals surface area contributed by atoms with Crippen LogP contribution in [0.4, 0.5) is 0 Å². The fraction of sp³-hybridized carbons (Fsp3) is 0.278. The number of likely N-dealkylation sites (tertiary alicyclic amines) is 1. The van der Waals surface area contributed by atoms with Gasteiger partial charge in [-0.3, -0.25) is 9.78 Å². The van der Waals surface area contributed by atoms with Crippen LogP contribution in [0.2, 0.25) is 0 Å². The molecule has 0 atom stereocenters. The minimum atomic E-state index is -0.376. The van der Waals surface area contributed by atoms with E-state index in [4.69, 9.17) is 4.74 Å². The molecule has 1 saturated heterocycles. The molecule has 2 aromatic rings. The third-order valence-corrected chi connectivity index (χ3v) is 3.81. The van der Waals surface area contributed by atoms with Crippen LogP contribution in [0.25, 0.3) is 0 Å². The maximum Gasteiger partial charge on any atom is 0.338 e. The van der Waals surface area contributed by atoms with Crippen molar-refractivity contribution in [3.63, 3.8) is 0 Å². The lowest BCUT2D eigenvalue weighted by Crippen LogP contribution is -2.23. The average Bonchev–Trinajstić information content (AvgIpc) is 2.99. The zero-order chi connectivity index (χ0) is 16.1. The monoisotopic (exact) mass is 310 g/mol. The van der Waals surface area contributed by atoms with Gasteiger partial charge in [0.2, 0.25) is 5.91 Å². The Morgan fingerprint density at radius 2 is 2.00 bits per heavy atom. The van der Waals surface area contributed by atoms with E-state index in [1.165, 1.54) is 0 Å². The van der Waals surface area contributed by atoms with Gasteiger partial charge < -0.3 is 9.64 Å². The average molecular weight is 310 g/mol. The Morgan fingerprint density at radius 1 is 1.17 bits per heavy atom. The highest BCUT2D eigenvalue weighted by Gasteiger charge is 2.20. The molecule has 1 aliphatic rings. The van der Waals surface area contributed by atoms with Crippen LogP contribution in [0.1, 0.15) is 34.5 Å². The smallest absolute Gasteiger partial charge is 0.338 e. The maximum absolute atomic E-state index is 12.0. The van der Waals surface area contributed by atoms with Crippen molar-refractivity contribution in [2.45, 2.75) is 26.0 Å².